The summed E-state index contributed by atoms with van der Waals surface area (Å²) in [5, 5.41) is 5.95. The largest absolute Gasteiger partial charge is 0.335 e. The van der Waals surface area contributed by atoms with Crippen LogP contribution in [-0.2, 0) is 6.54 Å². The number of rotatable bonds is 3. The molecule has 2 N–H and O–H groups in total. The molecule has 1 aliphatic carbocycles. The standard InChI is InChI=1S/C14H21N3O/c18-14(16-11-12-7-9-15-10-8-12)17-13-5-3-1-2-4-6-13/h7-10,13H,1-6,11H2,(H2,16,17,18). The minimum atomic E-state index is -0.0567. The van der Waals surface area contributed by atoms with Crippen molar-refractivity contribution in [2.24, 2.45) is 0 Å². The Bertz CT molecular complexity index is 359. The topological polar surface area (TPSA) is 54.0 Å². The third kappa shape index (κ3) is 4.35. The predicted octanol–water partition coefficient (Wildman–Crippen LogP) is 2.60. The summed E-state index contributed by atoms with van der Waals surface area (Å²) in [4.78, 5) is 15.7. The van der Waals surface area contributed by atoms with Gasteiger partial charge in [0.05, 0.1) is 0 Å². The van der Waals surface area contributed by atoms with Crippen molar-refractivity contribution in [3.63, 3.8) is 0 Å². The zero-order valence-electron chi connectivity index (χ0n) is 10.7. The first kappa shape index (κ1) is 12.9. The number of amides is 2. The molecule has 0 bridgehead atoms. The van der Waals surface area contributed by atoms with Crippen molar-refractivity contribution in [3.8, 4) is 0 Å². The van der Waals surface area contributed by atoms with Gasteiger partial charge in [-0.2, -0.15) is 0 Å². The Balaban J connectivity index is 1.71. The lowest BCUT2D eigenvalue weighted by atomic mass is 10.1. The molecule has 2 rings (SSSR count). The molecular weight excluding hydrogens is 226 g/mol. The van der Waals surface area contributed by atoms with Crippen LogP contribution in [0.3, 0.4) is 0 Å². The van der Waals surface area contributed by atoms with Crippen molar-refractivity contribution in [1.29, 1.82) is 0 Å². The summed E-state index contributed by atoms with van der Waals surface area (Å²) in [6.07, 6.45) is 10.8. The molecule has 0 aliphatic heterocycles. The van der Waals surface area contributed by atoms with Crippen LogP contribution in [0, 0.1) is 0 Å². The normalized spacial score (nSPS) is 16.9. The van der Waals surface area contributed by atoms with Gasteiger partial charge < -0.3 is 10.6 Å². The van der Waals surface area contributed by atoms with Gasteiger partial charge in [-0.25, -0.2) is 4.79 Å². The number of carbonyl (C=O) groups is 1. The van der Waals surface area contributed by atoms with Crippen molar-refractivity contribution in [3.05, 3.63) is 30.1 Å². The summed E-state index contributed by atoms with van der Waals surface area (Å²) in [7, 11) is 0. The number of aromatic nitrogens is 1. The Labute approximate surface area is 108 Å². The third-order valence-electron chi connectivity index (χ3n) is 3.39. The predicted molar refractivity (Wildman–Crippen MR) is 71.1 cm³/mol. The van der Waals surface area contributed by atoms with Gasteiger partial charge in [-0.1, -0.05) is 25.7 Å². The summed E-state index contributed by atoms with van der Waals surface area (Å²) in [6.45, 7) is 0.557. The van der Waals surface area contributed by atoms with Gasteiger partial charge in [-0.3, -0.25) is 4.98 Å². The number of hydrogen-bond acceptors (Lipinski definition) is 2. The number of pyridine rings is 1. The zero-order chi connectivity index (χ0) is 12.6. The van der Waals surface area contributed by atoms with Crippen LogP contribution in [0.15, 0.2) is 24.5 Å². The highest BCUT2D eigenvalue weighted by atomic mass is 16.2. The first-order chi connectivity index (χ1) is 8.84. The lowest BCUT2D eigenvalue weighted by molar-refractivity contribution is 0.235. The number of urea groups is 1. The fraction of sp³-hybridized carbons (Fsp3) is 0.571. The molecular formula is C14H21N3O. The van der Waals surface area contributed by atoms with Crippen LogP contribution in [-0.4, -0.2) is 17.1 Å². The molecule has 0 radical (unpaired) electrons. The summed E-state index contributed by atoms with van der Waals surface area (Å²) >= 11 is 0. The Morgan fingerprint density at radius 3 is 2.50 bits per heavy atom. The average Bonchev–Trinajstić information content (AvgIpc) is 2.66. The molecule has 1 heterocycles. The molecule has 1 fully saturated rings. The van der Waals surface area contributed by atoms with E-state index in [0.29, 0.717) is 12.6 Å². The van der Waals surface area contributed by atoms with E-state index in [1.807, 2.05) is 12.1 Å². The number of hydrogen-bond donors (Lipinski definition) is 2. The van der Waals surface area contributed by atoms with Crippen LogP contribution < -0.4 is 10.6 Å². The van der Waals surface area contributed by atoms with Gasteiger partial charge in [0.2, 0.25) is 0 Å². The number of nitrogens with zero attached hydrogens (tertiary/aromatic N) is 1. The maximum Gasteiger partial charge on any atom is 0.315 e. The molecule has 0 saturated heterocycles. The minimum absolute atomic E-state index is 0.0567. The average molecular weight is 247 g/mol. The van der Waals surface area contributed by atoms with Crippen molar-refractivity contribution in [2.75, 3.05) is 0 Å². The minimum Gasteiger partial charge on any atom is -0.335 e. The van der Waals surface area contributed by atoms with E-state index in [0.717, 1.165) is 18.4 Å². The molecule has 1 saturated carbocycles. The molecule has 98 valence electrons. The number of carbonyl (C=O) groups excluding carboxylic acids is 1. The van der Waals surface area contributed by atoms with Gasteiger partial charge in [-0.05, 0) is 30.5 Å². The summed E-state index contributed by atoms with van der Waals surface area (Å²) in [5.41, 5.74) is 1.07. The van der Waals surface area contributed by atoms with Crippen molar-refractivity contribution in [2.45, 2.75) is 51.1 Å². The molecule has 18 heavy (non-hydrogen) atoms. The molecule has 0 spiro atoms. The second kappa shape index (κ2) is 6.99. The molecule has 0 unspecified atom stereocenters. The van der Waals surface area contributed by atoms with Crippen LogP contribution in [0.1, 0.15) is 44.1 Å². The van der Waals surface area contributed by atoms with Crippen LogP contribution in [0.2, 0.25) is 0 Å². The van der Waals surface area contributed by atoms with Gasteiger partial charge in [0.15, 0.2) is 0 Å². The van der Waals surface area contributed by atoms with Crippen LogP contribution in [0.5, 0.6) is 0 Å². The van der Waals surface area contributed by atoms with E-state index in [2.05, 4.69) is 15.6 Å². The zero-order valence-corrected chi connectivity index (χ0v) is 10.7. The second-order valence-electron chi connectivity index (χ2n) is 4.87. The van der Waals surface area contributed by atoms with E-state index in [1.54, 1.807) is 12.4 Å². The quantitative estimate of drug-likeness (QED) is 0.807. The maximum atomic E-state index is 11.8. The molecule has 1 aliphatic rings. The number of nitrogens with one attached hydrogen (secondary N) is 2. The summed E-state index contributed by atoms with van der Waals surface area (Å²) < 4.78 is 0. The van der Waals surface area contributed by atoms with Gasteiger partial charge in [0.25, 0.3) is 0 Å². The van der Waals surface area contributed by atoms with E-state index < -0.39 is 0 Å². The Morgan fingerprint density at radius 1 is 1.17 bits per heavy atom. The highest BCUT2D eigenvalue weighted by Gasteiger charge is 2.14. The van der Waals surface area contributed by atoms with Gasteiger partial charge >= 0.3 is 6.03 Å². The molecule has 0 atom stereocenters. The summed E-state index contributed by atoms with van der Waals surface area (Å²) in [6, 6.07) is 4.11. The Morgan fingerprint density at radius 2 is 1.83 bits per heavy atom. The van der Waals surface area contributed by atoms with Gasteiger partial charge in [-0.15, -0.1) is 0 Å². The lowest BCUT2D eigenvalue weighted by Gasteiger charge is -2.16. The van der Waals surface area contributed by atoms with Crippen molar-refractivity contribution in [1.82, 2.24) is 15.6 Å². The molecule has 4 heteroatoms. The Kier molecular flexibility index (Phi) is 5.00. The van der Waals surface area contributed by atoms with E-state index >= 15 is 0 Å². The Hall–Kier alpha value is -1.58. The van der Waals surface area contributed by atoms with E-state index in [4.69, 9.17) is 0 Å². The lowest BCUT2D eigenvalue weighted by Crippen LogP contribution is -2.41. The highest BCUT2D eigenvalue weighted by molar-refractivity contribution is 5.74. The molecule has 0 aromatic carbocycles. The van der Waals surface area contributed by atoms with Crippen LogP contribution >= 0.6 is 0 Å². The monoisotopic (exact) mass is 247 g/mol. The smallest absolute Gasteiger partial charge is 0.315 e. The van der Waals surface area contributed by atoms with Crippen LogP contribution in [0.25, 0.3) is 0 Å². The van der Waals surface area contributed by atoms with Crippen molar-refractivity contribution >= 4 is 6.03 Å². The summed E-state index contributed by atoms with van der Waals surface area (Å²) in [5.74, 6) is 0. The highest BCUT2D eigenvalue weighted by Crippen LogP contribution is 2.16. The van der Waals surface area contributed by atoms with Gasteiger partial charge in [0.1, 0.15) is 0 Å². The fourth-order valence-electron chi connectivity index (χ4n) is 2.34. The van der Waals surface area contributed by atoms with E-state index in [-0.39, 0.29) is 6.03 Å². The van der Waals surface area contributed by atoms with E-state index in [9.17, 15) is 4.79 Å². The SMILES string of the molecule is O=C(NCc1ccncc1)NC1CCCCCC1. The third-order valence-corrected chi connectivity index (χ3v) is 3.39. The molecule has 2 amide bonds. The molecule has 4 nitrogen and oxygen atoms in total. The van der Waals surface area contributed by atoms with Crippen LogP contribution in [0.4, 0.5) is 4.79 Å². The van der Waals surface area contributed by atoms with Crippen molar-refractivity contribution < 1.29 is 4.79 Å². The first-order valence-corrected chi connectivity index (χ1v) is 6.78. The fourth-order valence-corrected chi connectivity index (χ4v) is 2.34. The van der Waals surface area contributed by atoms with Gasteiger partial charge in [0, 0.05) is 25.0 Å². The first-order valence-electron chi connectivity index (χ1n) is 6.78. The molecule has 1 aromatic rings. The second-order valence-corrected chi connectivity index (χ2v) is 4.87. The maximum absolute atomic E-state index is 11.8. The van der Waals surface area contributed by atoms with E-state index in [1.165, 1.54) is 25.7 Å². The molecule has 1 aromatic heterocycles.